The van der Waals surface area contributed by atoms with Crippen LogP contribution in [0.5, 0.6) is 0 Å². The van der Waals surface area contributed by atoms with E-state index in [9.17, 15) is 13.2 Å². The molecule has 0 aromatic heterocycles. The Labute approximate surface area is 95.5 Å². The third-order valence-corrected chi connectivity index (χ3v) is 2.18. The summed E-state index contributed by atoms with van der Waals surface area (Å²) in [6.07, 6.45) is -4.03. The molecule has 0 aliphatic rings. The highest BCUT2D eigenvalue weighted by molar-refractivity contribution is 5.22. The maximum atomic E-state index is 12.2. The lowest BCUT2D eigenvalue weighted by molar-refractivity contribution is -0.169. The number of benzene rings is 1. The molecule has 0 bridgehead atoms. The summed E-state index contributed by atoms with van der Waals surface area (Å²) in [7, 11) is 0. The van der Waals surface area contributed by atoms with E-state index < -0.39 is 12.1 Å². The Bertz CT molecular complexity index is 302. The van der Waals surface area contributed by atoms with Crippen molar-refractivity contribution >= 4 is 0 Å². The second-order valence-corrected chi connectivity index (χ2v) is 3.64. The minimum Gasteiger partial charge on any atom is -0.171 e. The molecule has 0 fully saturated rings. The van der Waals surface area contributed by atoms with Gasteiger partial charge < -0.3 is 0 Å². The van der Waals surface area contributed by atoms with Gasteiger partial charge in [0.1, 0.15) is 0 Å². The first-order chi connectivity index (χ1) is 7.39. The number of alkyl halides is 3. The summed E-state index contributed by atoms with van der Waals surface area (Å²) in [5.74, 6) is -1.27. The predicted octanol–water partition coefficient (Wildman–Crippen LogP) is 4.76. The van der Waals surface area contributed by atoms with Crippen molar-refractivity contribution in [3.8, 4) is 0 Å². The van der Waals surface area contributed by atoms with E-state index in [4.69, 9.17) is 0 Å². The molecule has 0 spiro atoms. The zero-order chi connectivity index (χ0) is 12.8. The third-order valence-electron chi connectivity index (χ3n) is 2.18. The van der Waals surface area contributed by atoms with Gasteiger partial charge in [-0.25, -0.2) is 0 Å². The average Bonchev–Trinajstić information content (AvgIpc) is 2.19. The highest BCUT2D eigenvalue weighted by Crippen LogP contribution is 2.28. The number of halogens is 3. The van der Waals surface area contributed by atoms with Gasteiger partial charge in [-0.05, 0) is 18.9 Å². The second kappa shape index (κ2) is 6.56. The van der Waals surface area contributed by atoms with Gasteiger partial charge in [-0.15, -0.1) is 0 Å². The summed E-state index contributed by atoms with van der Waals surface area (Å²) in [6.45, 7) is 7.09. The summed E-state index contributed by atoms with van der Waals surface area (Å²) in [4.78, 5) is 0. The molecule has 0 amide bonds. The van der Waals surface area contributed by atoms with Crippen LogP contribution in [-0.4, -0.2) is 6.18 Å². The van der Waals surface area contributed by atoms with E-state index in [1.165, 1.54) is 6.92 Å². The molecule has 0 heterocycles. The van der Waals surface area contributed by atoms with E-state index in [-0.39, 0.29) is 6.42 Å². The van der Waals surface area contributed by atoms with Crippen molar-refractivity contribution in [2.45, 2.75) is 40.3 Å². The molecule has 0 saturated heterocycles. The van der Waals surface area contributed by atoms with Gasteiger partial charge >= 0.3 is 6.18 Å². The fourth-order valence-corrected chi connectivity index (χ4v) is 1.31. The van der Waals surface area contributed by atoms with E-state index >= 15 is 0 Å². The number of hydrogen-bond donors (Lipinski definition) is 0. The summed E-state index contributed by atoms with van der Waals surface area (Å²) < 4.78 is 36.7. The normalized spacial score (nSPS) is 12.7. The zero-order valence-corrected chi connectivity index (χ0v) is 10.2. The third kappa shape index (κ3) is 5.19. The van der Waals surface area contributed by atoms with Crippen LogP contribution in [0.1, 0.15) is 31.9 Å². The van der Waals surface area contributed by atoms with Crippen LogP contribution >= 0.6 is 0 Å². The Morgan fingerprint density at radius 1 is 1.19 bits per heavy atom. The Hall–Kier alpha value is -0.990. The predicted molar refractivity (Wildman–Crippen MR) is 61.5 cm³/mol. The summed E-state index contributed by atoms with van der Waals surface area (Å²) >= 11 is 0. The Morgan fingerprint density at radius 3 is 2.19 bits per heavy atom. The lowest BCUT2D eigenvalue weighted by Crippen LogP contribution is -2.21. The van der Waals surface area contributed by atoms with Crippen LogP contribution < -0.4 is 0 Å². The van der Waals surface area contributed by atoms with Gasteiger partial charge in [0.05, 0.1) is 5.92 Å². The molecular weight excluding hydrogens is 213 g/mol. The molecule has 16 heavy (non-hydrogen) atoms. The van der Waals surface area contributed by atoms with Crippen LogP contribution in [0.15, 0.2) is 24.3 Å². The van der Waals surface area contributed by atoms with Crippen LogP contribution in [0, 0.1) is 12.8 Å². The number of hydrogen-bond acceptors (Lipinski definition) is 0. The van der Waals surface area contributed by atoms with Crippen molar-refractivity contribution in [2.75, 3.05) is 0 Å². The van der Waals surface area contributed by atoms with E-state index in [0.29, 0.717) is 0 Å². The van der Waals surface area contributed by atoms with Crippen molar-refractivity contribution in [1.82, 2.24) is 0 Å². The van der Waals surface area contributed by atoms with Crippen LogP contribution in [0.4, 0.5) is 13.2 Å². The van der Waals surface area contributed by atoms with E-state index in [1.54, 1.807) is 18.2 Å². The first-order valence-corrected chi connectivity index (χ1v) is 5.52. The van der Waals surface area contributed by atoms with E-state index in [2.05, 4.69) is 0 Å². The molecule has 0 aliphatic carbocycles. The minimum absolute atomic E-state index is 0.0607. The molecular formula is C13H19F3. The lowest BCUT2D eigenvalue weighted by atomic mass is 9.99. The molecule has 0 N–H and O–H groups in total. The zero-order valence-electron chi connectivity index (χ0n) is 10.2. The fourth-order valence-electron chi connectivity index (χ4n) is 1.31. The molecule has 1 unspecified atom stereocenters. The van der Waals surface area contributed by atoms with Gasteiger partial charge in [-0.1, -0.05) is 50.6 Å². The fraction of sp³-hybridized carbons (Fsp3) is 0.538. The largest absolute Gasteiger partial charge is 0.391 e. The first-order valence-electron chi connectivity index (χ1n) is 5.52. The van der Waals surface area contributed by atoms with Gasteiger partial charge in [0.2, 0.25) is 0 Å². The second-order valence-electron chi connectivity index (χ2n) is 3.64. The molecule has 1 aromatic rings. The minimum atomic E-state index is -4.09. The SMILES string of the molecule is CC.Cc1cccc(CC(C)C(F)(F)F)c1. The standard InChI is InChI=1S/C11H13F3.C2H6/c1-8-4-3-5-10(6-8)7-9(2)11(12,13)14;1-2/h3-6,9H,7H2,1-2H3;1-2H3. The molecule has 1 aromatic carbocycles. The van der Waals surface area contributed by atoms with Crippen molar-refractivity contribution in [3.05, 3.63) is 35.4 Å². The number of aryl methyl sites for hydroxylation is 1. The van der Waals surface area contributed by atoms with Gasteiger partial charge in [0.25, 0.3) is 0 Å². The summed E-state index contributed by atoms with van der Waals surface area (Å²) in [5.41, 5.74) is 1.74. The quantitative estimate of drug-likeness (QED) is 0.689. The van der Waals surface area contributed by atoms with Gasteiger partial charge in [0, 0.05) is 0 Å². The molecule has 1 atom stereocenters. The van der Waals surface area contributed by atoms with Crippen LogP contribution in [0.2, 0.25) is 0 Å². The van der Waals surface area contributed by atoms with E-state index in [1.807, 2.05) is 26.8 Å². The maximum Gasteiger partial charge on any atom is 0.391 e. The van der Waals surface area contributed by atoms with Crippen molar-refractivity contribution < 1.29 is 13.2 Å². The molecule has 0 aliphatic heterocycles. The van der Waals surface area contributed by atoms with E-state index in [0.717, 1.165) is 11.1 Å². The first kappa shape index (κ1) is 15.0. The van der Waals surface area contributed by atoms with Crippen LogP contribution in [0.25, 0.3) is 0 Å². The van der Waals surface area contributed by atoms with Gasteiger partial charge in [-0.2, -0.15) is 13.2 Å². The van der Waals surface area contributed by atoms with Crippen LogP contribution in [-0.2, 0) is 6.42 Å². The molecule has 0 saturated carbocycles. The Balaban J connectivity index is 0.00000106. The lowest BCUT2D eigenvalue weighted by Gasteiger charge is -2.15. The summed E-state index contributed by atoms with van der Waals surface area (Å²) in [6, 6.07) is 7.19. The smallest absolute Gasteiger partial charge is 0.171 e. The van der Waals surface area contributed by atoms with Crippen molar-refractivity contribution in [3.63, 3.8) is 0 Å². The topological polar surface area (TPSA) is 0 Å². The highest BCUT2D eigenvalue weighted by atomic mass is 19.4. The summed E-state index contributed by atoms with van der Waals surface area (Å²) in [5, 5.41) is 0. The van der Waals surface area contributed by atoms with Crippen LogP contribution in [0.3, 0.4) is 0 Å². The van der Waals surface area contributed by atoms with Crippen molar-refractivity contribution in [2.24, 2.45) is 5.92 Å². The molecule has 92 valence electrons. The molecule has 0 radical (unpaired) electrons. The number of rotatable bonds is 2. The maximum absolute atomic E-state index is 12.2. The Morgan fingerprint density at radius 2 is 1.75 bits per heavy atom. The van der Waals surface area contributed by atoms with Crippen molar-refractivity contribution in [1.29, 1.82) is 0 Å². The molecule has 3 heteroatoms. The average molecular weight is 232 g/mol. The monoisotopic (exact) mass is 232 g/mol. The van der Waals surface area contributed by atoms with Gasteiger partial charge in [0.15, 0.2) is 0 Å². The molecule has 1 rings (SSSR count). The highest BCUT2D eigenvalue weighted by Gasteiger charge is 2.35. The molecule has 0 nitrogen and oxygen atoms in total. The van der Waals surface area contributed by atoms with Gasteiger partial charge in [-0.3, -0.25) is 0 Å². The Kier molecular flexibility index (Phi) is 6.16.